The van der Waals surface area contributed by atoms with E-state index in [9.17, 15) is 4.79 Å². The molecular formula is C29H36N6O3. The summed E-state index contributed by atoms with van der Waals surface area (Å²) in [6.07, 6.45) is 5.97. The molecule has 1 fully saturated rings. The molecular weight excluding hydrogens is 480 g/mol. The van der Waals surface area contributed by atoms with E-state index < -0.39 is 0 Å². The van der Waals surface area contributed by atoms with Gasteiger partial charge < -0.3 is 14.4 Å². The minimum atomic E-state index is -0.213. The Morgan fingerprint density at radius 1 is 1.11 bits per heavy atom. The van der Waals surface area contributed by atoms with E-state index in [-0.39, 0.29) is 29.5 Å². The van der Waals surface area contributed by atoms with E-state index in [1.807, 2.05) is 72.5 Å². The monoisotopic (exact) mass is 516 g/mol. The highest BCUT2D eigenvalue weighted by Gasteiger charge is 2.37. The van der Waals surface area contributed by atoms with Crippen molar-refractivity contribution in [2.45, 2.75) is 58.7 Å². The van der Waals surface area contributed by atoms with Gasteiger partial charge in [-0.05, 0) is 58.4 Å². The summed E-state index contributed by atoms with van der Waals surface area (Å²) < 4.78 is 15.5. The zero-order chi connectivity index (χ0) is 27.2. The summed E-state index contributed by atoms with van der Waals surface area (Å²) in [6, 6.07) is 9.82. The maximum atomic E-state index is 13.0. The highest BCUT2D eigenvalue weighted by Crippen LogP contribution is 2.34. The largest absolute Gasteiger partial charge is 0.497 e. The molecule has 0 radical (unpaired) electrons. The van der Waals surface area contributed by atoms with Crippen molar-refractivity contribution in [2.75, 3.05) is 13.7 Å². The van der Waals surface area contributed by atoms with Crippen LogP contribution in [-0.4, -0.2) is 55.1 Å². The second-order valence-corrected chi connectivity index (χ2v) is 11.2. The van der Waals surface area contributed by atoms with Crippen molar-refractivity contribution in [3.05, 3.63) is 54.5 Å². The van der Waals surface area contributed by atoms with Gasteiger partial charge >= 0.3 is 0 Å². The van der Waals surface area contributed by atoms with Crippen molar-refractivity contribution >= 4 is 16.8 Å². The zero-order valence-electron chi connectivity index (χ0n) is 23.2. The molecule has 5 rings (SSSR count). The normalized spacial score (nSPS) is 17.7. The number of hydrogen-bond donors (Lipinski definition) is 0. The third-order valence-corrected chi connectivity index (χ3v) is 7.36. The van der Waals surface area contributed by atoms with Crippen molar-refractivity contribution in [3.8, 4) is 22.9 Å². The van der Waals surface area contributed by atoms with E-state index in [0.717, 1.165) is 33.5 Å². The number of methoxy groups -OCH3 is 1. The molecule has 4 heterocycles. The van der Waals surface area contributed by atoms with Crippen LogP contribution in [0.2, 0.25) is 0 Å². The van der Waals surface area contributed by atoms with Gasteiger partial charge in [-0.1, -0.05) is 12.1 Å². The minimum Gasteiger partial charge on any atom is -0.497 e. The fraction of sp³-hybridized carbons (Fsp3) is 0.448. The summed E-state index contributed by atoms with van der Waals surface area (Å²) in [6.45, 7) is 11.0. The Morgan fingerprint density at radius 3 is 2.50 bits per heavy atom. The van der Waals surface area contributed by atoms with Crippen LogP contribution in [-0.2, 0) is 17.4 Å². The standard InChI is InChI=1S/C29H36N6O3/c1-18(20-8-10-23(37-7)11-9-20)34-15-21(12-27(34)36)19(2)38-28-24-17-33(6)32-26(24)13-25(31-28)22-14-30-35(16-22)29(3,4)5/h8-11,13-14,16-19,21H,12,15H2,1-7H3/t18-,19+,21?/m0/s1. The maximum absolute atomic E-state index is 13.0. The van der Waals surface area contributed by atoms with Crippen molar-refractivity contribution in [1.82, 2.24) is 29.4 Å². The minimum absolute atomic E-state index is 0.0311. The Morgan fingerprint density at radius 2 is 1.84 bits per heavy atom. The summed E-state index contributed by atoms with van der Waals surface area (Å²) in [4.78, 5) is 19.9. The van der Waals surface area contributed by atoms with Crippen LogP contribution >= 0.6 is 0 Å². The van der Waals surface area contributed by atoms with Gasteiger partial charge in [-0.15, -0.1) is 0 Å². The topological polar surface area (TPSA) is 87.3 Å². The van der Waals surface area contributed by atoms with Crippen LogP contribution in [0.15, 0.2) is 48.9 Å². The third kappa shape index (κ3) is 4.97. The van der Waals surface area contributed by atoms with Crippen LogP contribution in [0.4, 0.5) is 0 Å². The fourth-order valence-corrected chi connectivity index (χ4v) is 4.95. The van der Waals surface area contributed by atoms with Gasteiger partial charge in [0.05, 0.1) is 41.5 Å². The lowest BCUT2D eigenvalue weighted by Gasteiger charge is -2.26. The first-order valence-electron chi connectivity index (χ1n) is 13.0. The number of carbonyl (C=O) groups excluding carboxylic acids is 1. The van der Waals surface area contributed by atoms with E-state index in [4.69, 9.17) is 14.5 Å². The Hall–Kier alpha value is -3.88. The molecule has 1 aliphatic rings. The molecule has 1 amide bonds. The highest BCUT2D eigenvalue weighted by atomic mass is 16.5. The molecule has 1 saturated heterocycles. The molecule has 200 valence electrons. The molecule has 9 heteroatoms. The molecule has 0 bridgehead atoms. The average molecular weight is 517 g/mol. The Balaban J connectivity index is 1.37. The number of hydrogen-bond acceptors (Lipinski definition) is 6. The number of pyridine rings is 1. The molecule has 1 unspecified atom stereocenters. The van der Waals surface area contributed by atoms with Crippen molar-refractivity contribution in [1.29, 1.82) is 0 Å². The molecule has 9 nitrogen and oxygen atoms in total. The summed E-state index contributed by atoms with van der Waals surface area (Å²) in [5.41, 5.74) is 3.41. The van der Waals surface area contributed by atoms with Crippen LogP contribution in [0.5, 0.6) is 11.6 Å². The lowest BCUT2D eigenvalue weighted by Crippen LogP contribution is -2.31. The van der Waals surface area contributed by atoms with Gasteiger partial charge in [0.2, 0.25) is 11.8 Å². The number of fused-ring (bicyclic) bond motifs is 1. The number of rotatable bonds is 7. The Labute approximate surface area is 223 Å². The Kier molecular flexibility index (Phi) is 6.63. The van der Waals surface area contributed by atoms with Crippen LogP contribution in [0.1, 0.15) is 52.6 Å². The second-order valence-electron chi connectivity index (χ2n) is 11.2. The molecule has 1 aliphatic heterocycles. The summed E-state index contributed by atoms with van der Waals surface area (Å²) in [5, 5.41) is 9.99. The first kappa shape index (κ1) is 25.8. The van der Waals surface area contributed by atoms with Crippen LogP contribution in [0.3, 0.4) is 0 Å². The molecule has 0 aliphatic carbocycles. The number of benzene rings is 1. The van der Waals surface area contributed by atoms with E-state index in [2.05, 4.69) is 37.9 Å². The first-order chi connectivity index (χ1) is 18.0. The van der Waals surface area contributed by atoms with E-state index in [1.165, 1.54) is 0 Å². The summed E-state index contributed by atoms with van der Waals surface area (Å²) in [5.74, 6) is 1.51. The number of nitrogens with zero attached hydrogens (tertiary/aromatic N) is 6. The van der Waals surface area contributed by atoms with Crippen molar-refractivity contribution in [3.63, 3.8) is 0 Å². The van der Waals surface area contributed by atoms with E-state index >= 15 is 0 Å². The van der Waals surface area contributed by atoms with Gasteiger partial charge in [0.15, 0.2) is 0 Å². The van der Waals surface area contributed by atoms with Gasteiger partial charge in [0.1, 0.15) is 11.9 Å². The van der Waals surface area contributed by atoms with Crippen LogP contribution in [0, 0.1) is 5.92 Å². The van der Waals surface area contributed by atoms with Crippen LogP contribution in [0.25, 0.3) is 22.2 Å². The van der Waals surface area contributed by atoms with Gasteiger partial charge in [0.25, 0.3) is 0 Å². The maximum Gasteiger partial charge on any atom is 0.225 e. The number of amides is 1. The predicted molar refractivity (Wildman–Crippen MR) is 146 cm³/mol. The summed E-state index contributed by atoms with van der Waals surface area (Å²) in [7, 11) is 3.54. The number of carbonyl (C=O) groups is 1. The van der Waals surface area contributed by atoms with Gasteiger partial charge in [0, 0.05) is 43.9 Å². The molecule has 3 aromatic heterocycles. The molecule has 4 aromatic rings. The van der Waals surface area contributed by atoms with Crippen molar-refractivity contribution < 1.29 is 14.3 Å². The smallest absolute Gasteiger partial charge is 0.225 e. The lowest BCUT2D eigenvalue weighted by molar-refractivity contribution is -0.129. The van der Waals surface area contributed by atoms with E-state index in [0.29, 0.717) is 18.8 Å². The lowest BCUT2D eigenvalue weighted by atomic mass is 10.0. The van der Waals surface area contributed by atoms with Gasteiger partial charge in [-0.25, -0.2) is 4.98 Å². The zero-order valence-corrected chi connectivity index (χ0v) is 23.2. The number of aromatic nitrogens is 5. The number of likely N-dealkylation sites (tertiary alicyclic amines) is 1. The number of ether oxygens (including phenoxy) is 2. The molecule has 0 spiro atoms. The van der Waals surface area contributed by atoms with Gasteiger partial charge in [-0.3, -0.25) is 14.2 Å². The summed E-state index contributed by atoms with van der Waals surface area (Å²) >= 11 is 0. The highest BCUT2D eigenvalue weighted by molar-refractivity contribution is 5.86. The Bertz CT molecular complexity index is 1450. The van der Waals surface area contributed by atoms with Gasteiger partial charge in [-0.2, -0.15) is 10.2 Å². The molecule has 1 aromatic carbocycles. The average Bonchev–Trinajstić information content (AvgIpc) is 3.61. The van der Waals surface area contributed by atoms with Crippen molar-refractivity contribution in [2.24, 2.45) is 13.0 Å². The quantitative estimate of drug-likeness (QED) is 0.345. The SMILES string of the molecule is COc1ccc([C@H](C)N2CC([C@@H](C)Oc3nc(-c4cnn(C(C)(C)C)c4)cc4nn(C)cc34)CC2=O)cc1. The number of aryl methyl sites for hydroxylation is 1. The predicted octanol–water partition coefficient (Wildman–Crippen LogP) is 4.97. The fourth-order valence-electron chi connectivity index (χ4n) is 4.95. The molecule has 0 N–H and O–H groups in total. The second kappa shape index (κ2) is 9.78. The first-order valence-corrected chi connectivity index (χ1v) is 13.0. The molecule has 3 atom stereocenters. The molecule has 38 heavy (non-hydrogen) atoms. The third-order valence-electron chi connectivity index (χ3n) is 7.36. The molecule has 0 saturated carbocycles. The van der Waals surface area contributed by atoms with Crippen LogP contribution < -0.4 is 9.47 Å². The van der Waals surface area contributed by atoms with E-state index in [1.54, 1.807) is 11.8 Å².